The van der Waals surface area contributed by atoms with Gasteiger partial charge in [0.05, 0.1) is 17.0 Å². The molecule has 0 unspecified atom stereocenters. The van der Waals surface area contributed by atoms with Gasteiger partial charge in [-0.1, -0.05) is 41.9 Å². The second kappa shape index (κ2) is 6.40. The molecule has 2 heterocycles. The highest BCUT2D eigenvalue weighted by Gasteiger charge is 2.35. The summed E-state index contributed by atoms with van der Waals surface area (Å²) in [5, 5.41) is 4.72. The predicted molar refractivity (Wildman–Crippen MR) is 86.2 cm³/mol. The van der Waals surface area contributed by atoms with Crippen LogP contribution in [0.4, 0.5) is 0 Å². The van der Waals surface area contributed by atoms with Crippen LogP contribution in [0.3, 0.4) is 0 Å². The number of nitrogens with zero attached hydrogens (tertiary/aromatic N) is 3. The van der Waals surface area contributed by atoms with Crippen molar-refractivity contribution in [1.82, 2.24) is 14.1 Å². The number of benzene rings is 1. The molecule has 7 heteroatoms. The maximum Gasteiger partial charge on any atom is 0.214 e. The smallest absolute Gasteiger partial charge is 0.214 e. The molecule has 1 aliphatic heterocycles. The average molecular weight is 340 g/mol. The van der Waals surface area contributed by atoms with Gasteiger partial charge in [0.2, 0.25) is 10.0 Å². The second-order valence-corrected chi connectivity index (χ2v) is 8.14. The summed E-state index contributed by atoms with van der Waals surface area (Å²) in [6, 6.07) is 9.69. The molecule has 0 amide bonds. The topological polar surface area (TPSA) is 55.2 Å². The molecule has 1 fully saturated rings. The summed E-state index contributed by atoms with van der Waals surface area (Å²) in [5.41, 5.74) is 1.05. The Balaban J connectivity index is 1.48. The molecule has 1 aromatic carbocycles. The lowest BCUT2D eigenvalue weighted by atomic mass is 10.0. The molecular weight excluding hydrogens is 322 g/mol. The molecular formula is C15H18ClN3O2S. The van der Waals surface area contributed by atoms with Crippen LogP contribution < -0.4 is 0 Å². The van der Waals surface area contributed by atoms with Crippen molar-refractivity contribution in [2.24, 2.45) is 5.92 Å². The molecule has 5 nitrogen and oxygen atoms in total. The largest absolute Gasteiger partial charge is 0.271 e. The number of halogens is 1. The van der Waals surface area contributed by atoms with Crippen LogP contribution in [0.2, 0.25) is 5.02 Å². The summed E-state index contributed by atoms with van der Waals surface area (Å²) in [7, 11) is -3.16. The lowest BCUT2D eigenvalue weighted by molar-refractivity contribution is 0.175. The summed E-state index contributed by atoms with van der Waals surface area (Å²) in [4.78, 5) is 0. The van der Waals surface area contributed by atoms with Crippen molar-refractivity contribution in [3.63, 3.8) is 0 Å². The van der Waals surface area contributed by atoms with Crippen LogP contribution in [-0.2, 0) is 23.0 Å². The first-order valence-electron chi connectivity index (χ1n) is 7.22. The standard InChI is InChI=1S/C15H18ClN3O2S/c16-15-8-17-18(12-15)9-14-10-19(11-14)22(20,21)7-6-13-4-2-1-3-5-13/h1-5,8,12,14H,6-7,9-11H2. The van der Waals surface area contributed by atoms with Crippen molar-refractivity contribution in [2.45, 2.75) is 13.0 Å². The molecule has 1 saturated heterocycles. The van der Waals surface area contributed by atoms with Crippen molar-refractivity contribution in [3.8, 4) is 0 Å². The molecule has 0 spiro atoms. The zero-order chi connectivity index (χ0) is 15.6. The average Bonchev–Trinajstić information content (AvgIpc) is 2.87. The maximum atomic E-state index is 12.3. The van der Waals surface area contributed by atoms with E-state index in [1.165, 1.54) is 0 Å². The Labute approximate surface area is 135 Å². The zero-order valence-electron chi connectivity index (χ0n) is 12.1. The summed E-state index contributed by atoms with van der Waals surface area (Å²) >= 11 is 5.82. The predicted octanol–water partition coefficient (Wildman–Crippen LogP) is 2.04. The number of rotatable bonds is 6. The van der Waals surface area contributed by atoms with E-state index in [2.05, 4.69) is 5.10 Å². The van der Waals surface area contributed by atoms with Crippen LogP contribution in [0.1, 0.15) is 5.56 Å². The number of aromatic nitrogens is 2. The minimum atomic E-state index is -3.16. The van der Waals surface area contributed by atoms with Crippen molar-refractivity contribution >= 4 is 21.6 Å². The molecule has 0 N–H and O–H groups in total. The van der Waals surface area contributed by atoms with E-state index >= 15 is 0 Å². The van der Waals surface area contributed by atoms with Gasteiger partial charge >= 0.3 is 0 Å². The van der Waals surface area contributed by atoms with Gasteiger partial charge in [-0.3, -0.25) is 4.68 Å². The monoisotopic (exact) mass is 339 g/mol. The number of hydrogen-bond donors (Lipinski definition) is 0. The summed E-state index contributed by atoms with van der Waals surface area (Å²) < 4.78 is 27.9. The van der Waals surface area contributed by atoms with Crippen molar-refractivity contribution < 1.29 is 8.42 Å². The maximum absolute atomic E-state index is 12.3. The van der Waals surface area contributed by atoms with Gasteiger partial charge in [-0.15, -0.1) is 0 Å². The first-order chi connectivity index (χ1) is 10.5. The van der Waals surface area contributed by atoms with Crippen molar-refractivity contribution in [1.29, 1.82) is 0 Å². The Morgan fingerprint density at radius 2 is 1.95 bits per heavy atom. The van der Waals surface area contributed by atoms with Gasteiger partial charge in [0, 0.05) is 31.7 Å². The highest BCUT2D eigenvalue weighted by Crippen LogP contribution is 2.22. The van der Waals surface area contributed by atoms with E-state index in [1.54, 1.807) is 21.4 Å². The Kier molecular flexibility index (Phi) is 4.52. The van der Waals surface area contributed by atoms with Crippen LogP contribution in [0.25, 0.3) is 0 Å². The summed E-state index contributed by atoms with van der Waals surface area (Å²) in [5.74, 6) is 0.472. The highest BCUT2D eigenvalue weighted by atomic mass is 35.5. The first kappa shape index (κ1) is 15.5. The molecule has 1 aromatic heterocycles. The molecule has 22 heavy (non-hydrogen) atoms. The van der Waals surface area contributed by atoms with E-state index in [-0.39, 0.29) is 5.75 Å². The molecule has 0 aliphatic carbocycles. The van der Waals surface area contributed by atoms with Crippen LogP contribution in [0.5, 0.6) is 0 Å². The third kappa shape index (κ3) is 3.69. The lowest BCUT2D eigenvalue weighted by Gasteiger charge is -2.38. The summed E-state index contributed by atoms with van der Waals surface area (Å²) in [6.45, 7) is 1.83. The number of hydrogen-bond acceptors (Lipinski definition) is 3. The fraction of sp³-hybridized carbons (Fsp3) is 0.400. The number of sulfonamides is 1. The quantitative estimate of drug-likeness (QED) is 0.809. The van der Waals surface area contributed by atoms with E-state index in [1.807, 2.05) is 30.3 Å². The zero-order valence-corrected chi connectivity index (χ0v) is 13.7. The Morgan fingerprint density at radius 1 is 1.23 bits per heavy atom. The van der Waals surface area contributed by atoms with E-state index in [9.17, 15) is 8.42 Å². The van der Waals surface area contributed by atoms with Gasteiger partial charge in [-0.05, 0) is 12.0 Å². The van der Waals surface area contributed by atoms with Gasteiger partial charge in [-0.25, -0.2) is 12.7 Å². The molecule has 1 aliphatic rings. The Bertz CT molecular complexity index is 724. The van der Waals surface area contributed by atoms with Crippen LogP contribution >= 0.6 is 11.6 Å². The fourth-order valence-corrected chi connectivity index (χ4v) is 4.37. The molecule has 3 rings (SSSR count). The SMILES string of the molecule is O=S(=O)(CCc1ccccc1)N1CC(Cn2cc(Cl)cn2)C1. The number of aryl methyl sites for hydroxylation is 1. The van der Waals surface area contributed by atoms with Crippen LogP contribution in [0, 0.1) is 5.92 Å². The minimum Gasteiger partial charge on any atom is -0.271 e. The second-order valence-electron chi connectivity index (χ2n) is 5.62. The van der Waals surface area contributed by atoms with Gasteiger partial charge in [0.1, 0.15) is 0 Å². The molecule has 2 aromatic rings. The van der Waals surface area contributed by atoms with Gasteiger partial charge < -0.3 is 0 Å². The normalized spacial score (nSPS) is 16.6. The van der Waals surface area contributed by atoms with E-state index in [4.69, 9.17) is 11.6 Å². The summed E-state index contributed by atoms with van der Waals surface area (Å²) in [6.07, 6.45) is 3.90. The van der Waals surface area contributed by atoms with E-state index in [0.29, 0.717) is 37.0 Å². The van der Waals surface area contributed by atoms with Crippen LogP contribution in [-0.4, -0.2) is 41.3 Å². The molecule has 0 bridgehead atoms. The van der Waals surface area contributed by atoms with Gasteiger partial charge in [0.25, 0.3) is 0 Å². The van der Waals surface area contributed by atoms with Crippen LogP contribution in [0.15, 0.2) is 42.7 Å². The lowest BCUT2D eigenvalue weighted by Crippen LogP contribution is -2.52. The van der Waals surface area contributed by atoms with Crippen molar-refractivity contribution in [3.05, 3.63) is 53.3 Å². The Hall–Kier alpha value is -1.37. The van der Waals surface area contributed by atoms with Gasteiger partial charge in [0.15, 0.2) is 0 Å². The Morgan fingerprint density at radius 3 is 2.59 bits per heavy atom. The first-order valence-corrected chi connectivity index (χ1v) is 9.21. The third-order valence-corrected chi connectivity index (χ3v) is 5.86. The van der Waals surface area contributed by atoms with E-state index < -0.39 is 10.0 Å². The molecule has 118 valence electrons. The fourth-order valence-electron chi connectivity index (χ4n) is 2.59. The molecule has 0 atom stereocenters. The van der Waals surface area contributed by atoms with Gasteiger partial charge in [-0.2, -0.15) is 5.10 Å². The molecule has 0 saturated carbocycles. The minimum absolute atomic E-state index is 0.164. The third-order valence-electron chi connectivity index (χ3n) is 3.86. The van der Waals surface area contributed by atoms with E-state index in [0.717, 1.165) is 5.56 Å². The highest BCUT2D eigenvalue weighted by molar-refractivity contribution is 7.89. The van der Waals surface area contributed by atoms with Crippen molar-refractivity contribution in [2.75, 3.05) is 18.8 Å². The molecule has 0 radical (unpaired) electrons.